The molecule has 2 atom stereocenters. The Labute approximate surface area is 205 Å². The van der Waals surface area contributed by atoms with Gasteiger partial charge >= 0.3 is 0 Å². The number of ether oxygens (including phenoxy) is 1. The zero-order valence-electron chi connectivity index (χ0n) is 21.5. The summed E-state index contributed by atoms with van der Waals surface area (Å²) in [6.45, 7) is 9.02. The minimum absolute atomic E-state index is 0.00560. The van der Waals surface area contributed by atoms with Crippen LogP contribution in [0.4, 0.5) is 0 Å². The molecule has 7 nitrogen and oxygen atoms in total. The monoisotopic (exact) mass is 472 g/mol. The molecule has 0 aromatic heterocycles. The maximum Gasteiger partial charge on any atom is 0.249 e. The third-order valence-corrected chi connectivity index (χ3v) is 7.33. The number of carbonyl (C=O) groups excluding carboxylic acids is 2. The molecule has 1 aliphatic carbocycles. The van der Waals surface area contributed by atoms with Crippen molar-refractivity contribution in [3.63, 3.8) is 0 Å². The molecule has 0 spiro atoms. The Kier molecular flexibility index (Phi) is 9.92. The van der Waals surface area contributed by atoms with E-state index in [-0.39, 0.29) is 36.5 Å². The zero-order chi connectivity index (χ0) is 24.7. The Hall–Kier alpha value is -1.96. The first kappa shape index (κ1) is 26.6. The molecule has 34 heavy (non-hydrogen) atoms. The van der Waals surface area contributed by atoms with Crippen LogP contribution >= 0.6 is 0 Å². The maximum absolute atomic E-state index is 13.5. The standard InChI is InChI=1S/C27H44N4O3/c1-19(2)16-30(17-21-8-6-5-7-20(21)3)24-13-14-31(26(32)18-34-4)25(15-24)27(33)29-23-11-9-22(28)10-12-23/h5-8,19,22-25H,9-18,28H2,1-4H3,(H,29,33)/t22?,23?,24?,25-/m1/s1. The number of hydrogen-bond acceptors (Lipinski definition) is 5. The lowest BCUT2D eigenvalue weighted by Gasteiger charge is -2.44. The second-order valence-corrected chi connectivity index (χ2v) is 10.6. The molecular formula is C27H44N4O3. The van der Waals surface area contributed by atoms with Crippen LogP contribution in [0.5, 0.6) is 0 Å². The molecule has 1 saturated heterocycles. The van der Waals surface area contributed by atoms with Crippen molar-refractivity contribution in [1.29, 1.82) is 0 Å². The van der Waals surface area contributed by atoms with Gasteiger partial charge in [-0.1, -0.05) is 38.1 Å². The fourth-order valence-corrected chi connectivity index (χ4v) is 5.41. The van der Waals surface area contributed by atoms with Crippen molar-refractivity contribution in [1.82, 2.24) is 15.1 Å². The molecule has 1 aromatic rings. The normalized spacial score (nSPS) is 25.6. The number of benzene rings is 1. The third-order valence-electron chi connectivity index (χ3n) is 7.33. The molecular weight excluding hydrogens is 428 g/mol. The van der Waals surface area contributed by atoms with Gasteiger partial charge in [0.1, 0.15) is 12.6 Å². The van der Waals surface area contributed by atoms with Crippen LogP contribution in [0.2, 0.25) is 0 Å². The van der Waals surface area contributed by atoms with Gasteiger partial charge in [0.15, 0.2) is 0 Å². The number of aryl methyl sites for hydroxylation is 1. The van der Waals surface area contributed by atoms with E-state index in [0.29, 0.717) is 18.9 Å². The molecule has 0 radical (unpaired) electrons. The second-order valence-electron chi connectivity index (χ2n) is 10.6. The number of carbonyl (C=O) groups is 2. The summed E-state index contributed by atoms with van der Waals surface area (Å²) in [6, 6.07) is 8.66. The number of amides is 2. The highest BCUT2D eigenvalue weighted by molar-refractivity contribution is 5.88. The Morgan fingerprint density at radius 3 is 2.53 bits per heavy atom. The van der Waals surface area contributed by atoms with Crippen molar-refractivity contribution >= 4 is 11.8 Å². The lowest BCUT2D eigenvalue weighted by Crippen LogP contribution is -2.59. The molecule has 7 heteroatoms. The number of nitrogens with two attached hydrogens (primary N) is 1. The van der Waals surface area contributed by atoms with Crippen LogP contribution in [0.1, 0.15) is 63.5 Å². The molecule has 2 amide bonds. The van der Waals surface area contributed by atoms with Crippen LogP contribution in [-0.4, -0.2) is 72.6 Å². The fourth-order valence-electron chi connectivity index (χ4n) is 5.41. The van der Waals surface area contributed by atoms with Crippen LogP contribution in [0.15, 0.2) is 24.3 Å². The molecule has 2 fully saturated rings. The van der Waals surface area contributed by atoms with Crippen molar-refractivity contribution in [3.05, 3.63) is 35.4 Å². The SMILES string of the molecule is COCC(=O)N1CCC(N(Cc2ccccc2C)CC(C)C)C[C@@H]1C(=O)NC1CCC(N)CC1. The number of nitrogens with zero attached hydrogens (tertiary/aromatic N) is 2. The highest BCUT2D eigenvalue weighted by Gasteiger charge is 2.39. The van der Waals surface area contributed by atoms with E-state index < -0.39 is 6.04 Å². The summed E-state index contributed by atoms with van der Waals surface area (Å²) in [6.07, 6.45) is 5.18. The van der Waals surface area contributed by atoms with Crippen molar-refractivity contribution in [2.75, 3.05) is 26.8 Å². The van der Waals surface area contributed by atoms with Gasteiger partial charge in [-0.15, -0.1) is 0 Å². The van der Waals surface area contributed by atoms with Gasteiger partial charge in [0.05, 0.1) is 0 Å². The molecule has 1 saturated carbocycles. The van der Waals surface area contributed by atoms with E-state index in [0.717, 1.165) is 45.2 Å². The average molecular weight is 473 g/mol. The first-order valence-corrected chi connectivity index (χ1v) is 12.9. The molecule has 1 aliphatic heterocycles. The average Bonchev–Trinajstić information content (AvgIpc) is 2.81. The molecule has 1 aromatic carbocycles. The number of nitrogens with one attached hydrogen (secondary N) is 1. The van der Waals surface area contributed by atoms with Gasteiger partial charge in [0, 0.05) is 44.9 Å². The minimum atomic E-state index is -0.469. The van der Waals surface area contributed by atoms with Crippen molar-refractivity contribution < 1.29 is 14.3 Å². The van der Waals surface area contributed by atoms with E-state index in [4.69, 9.17) is 10.5 Å². The zero-order valence-corrected chi connectivity index (χ0v) is 21.5. The summed E-state index contributed by atoms with van der Waals surface area (Å²) in [7, 11) is 1.53. The van der Waals surface area contributed by atoms with Gasteiger partial charge in [-0.25, -0.2) is 0 Å². The van der Waals surface area contributed by atoms with E-state index in [1.807, 2.05) is 0 Å². The molecule has 2 aliphatic rings. The number of likely N-dealkylation sites (tertiary alicyclic amines) is 1. The van der Waals surface area contributed by atoms with Gasteiger partial charge in [-0.3, -0.25) is 14.5 Å². The molecule has 0 bridgehead atoms. The van der Waals surface area contributed by atoms with Crippen molar-refractivity contribution in [3.8, 4) is 0 Å². The third kappa shape index (κ3) is 7.27. The number of methoxy groups -OCH3 is 1. The second kappa shape index (κ2) is 12.7. The van der Waals surface area contributed by atoms with E-state index >= 15 is 0 Å². The highest BCUT2D eigenvalue weighted by atomic mass is 16.5. The summed E-state index contributed by atoms with van der Waals surface area (Å²) in [4.78, 5) is 30.6. The van der Waals surface area contributed by atoms with Gasteiger partial charge in [-0.2, -0.15) is 0 Å². The van der Waals surface area contributed by atoms with Crippen LogP contribution in [-0.2, 0) is 20.9 Å². The van der Waals surface area contributed by atoms with Gasteiger partial charge < -0.3 is 20.7 Å². The van der Waals surface area contributed by atoms with Crippen molar-refractivity contribution in [2.45, 2.75) is 90.0 Å². The van der Waals surface area contributed by atoms with Crippen LogP contribution in [0.3, 0.4) is 0 Å². The number of hydrogen-bond donors (Lipinski definition) is 2. The summed E-state index contributed by atoms with van der Waals surface area (Å²) in [5.74, 6) is 0.368. The predicted molar refractivity (Wildman–Crippen MR) is 135 cm³/mol. The summed E-state index contributed by atoms with van der Waals surface area (Å²) in [5, 5.41) is 3.25. The minimum Gasteiger partial charge on any atom is -0.375 e. The fraction of sp³-hybridized carbons (Fsp3) is 0.704. The number of piperidine rings is 1. The van der Waals surface area contributed by atoms with Gasteiger partial charge in [0.25, 0.3) is 0 Å². The van der Waals surface area contributed by atoms with E-state index in [1.165, 1.54) is 18.2 Å². The van der Waals surface area contributed by atoms with Gasteiger partial charge in [0.2, 0.25) is 11.8 Å². The van der Waals surface area contributed by atoms with Gasteiger partial charge in [-0.05, 0) is 62.5 Å². The van der Waals surface area contributed by atoms with E-state index in [2.05, 4.69) is 55.3 Å². The number of rotatable bonds is 9. The first-order chi connectivity index (χ1) is 16.3. The molecule has 3 N–H and O–H groups in total. The summed E-state index contributed by atoms with van der Waals surface area (Å²) in [5.41, 5.74) is 8.65. The Morgan fingerprint density at radius 1 is 1.18 bits per heavy atom. The van der Waals surface area contributed by atoms with Crippen molar-refractivity contribution in [2.24, 2.45) is 11.7 Å². The highest BCUT2D eigenvalue weighted by Crippen LogP contribution is 2.26. The quantitative estimate of drug-likeness (QED) is 0.577. The predicted octanol–water partition coefficient (Wildman–Crippen LogP) is 2.85. The Morgan fingerprint density at radius 2 is 1.88 bits per heavy atom. The Balaban J connectivity index is 1.76. The first-order valence-electron chi connectivity index (χ1n) is 12.9. The van der Waals surface area contributed by atoms with Crippen LogP contribution in [0.25, 0.3) is 0 Å². The summed E-state index contributed by atoms with van der Waals surface area (Å²) < 4.78 is 5.12. The molecule has 190 valence electrons. The smallest absolute Gasteiger partial charge is 0.249 e. The largest absolute Gasteiger partial charge is 0.375 e. The Bertz CT molecular complexity index is 807. The molecule has 1 unspecified atom stereocenters. The van der Waals surface area contributed by atoms with Crippen LogP contribution in [0, 0.1) is 12.8 Å². The topological polar surface area (TPSA) is 87.9 Å². The molecule has 3 rings (SSSR count). The molecule has 1 heterocycles. The summed E-state index contributed by atoms with van der Waals surface area (Å²) >= 11 is 0. The maximum atomic E-state index is 13.5. The van der Waals surface area contributed by atoms with Crippen LogP contribution < -0.4 is 11.1 Å². The van der Waals surface area contributed by atoms with E-state index in [1.54, 1.807) is 4.90 Å². The lowest BCUT2D eigenvalue weighted by atomic mass is 9.90. The lowest BCUT2D eigenvalue weighted by molar-refractivity contribution is -0.147. The van der Waals surface area contributed by atoms with E-state index in [9.17, 15) is 9.59 Å².